The Hall–Kier alpha value is -3.18. The van der Waals surface area contributed by atoms with E-state index in [1.54, 1.807) is 18.6 Å². The molecule has 0 atom stereocenters. The number of hydrogen-bond donors (Lipinski definition) is 0. The Balaban J connectivity index is 1.44. The predicted molar refractivity (Wildman–Crippen MR) is 104 cm³/mol. The van der Waals surface area contributed by atoms with Crippen LogP contribution in [-0.4, -0.2) is 14.9 Å². The van der Waals surface area contributed by atoms with Gasteiger partial charge in [0.2, 0.25) is 0 Å². The van der Waals surface area contributed by atoms with Crippen LogP contribution in [0.25, 0.3) is 21.9 Å². The van der Waals surface area contributed by atoms with E-state index in [9.17, 15) is 8.78 Å². The van der Waals surface area contributed by atoms with Crippen LogP contribution in [0.3, 0.4) is 0 Å². The smallest absolute Gasteiger partial charge is 0.131 e. The van der Waals surface area contributed by atoms with Crippen LogP contribution in [0.4, 0.5) is 8.78 Å². The first-order valence-corrected chi connectivity index (χ1v) is 9.14. The quantitative estimate of drug-likeness (QED) is 0.501. The van der Waals surface area contributed by atoms with Crippen LogP contribution in [0.5, 0.6) is 0 Å². The molecular weight excluding hydrogens is 356 g/mol. The topological polar surface area (TPSA) is 29.0 Å². The molecule has 0 radical (unpaired) electrons. The van der Waals surface area contributed by atoms with Gasteiger partial charge in [-0.05, 0) is 52.4 Å². The van der Waals surface area contributed by atoms with Gasteiger partial charge in [-0.25, -0.2) is 8.78 Å². The van der Waals surface area contributed by atoms with Crippen molar-refractivity contribution >= 4 is 10.8 Å². The molecule has 3 heterocycles. The Morgan fingerprint density at radius 1 is 0.857 bits per heavy atom. The van der Waals surface area contributed by atoms with E-state index in [2.05, 4.69) is 9.97 Å². The van der Waals surface area contributed by atoms with Crippen LogP contribution >= 0.6 is 0 Å². The normalized spacial score (nSPS) is 13.8. The highest BCUT2D eigenvalue weighted by Gasteiger charge is 2.22. The molecule has 0 unspecified atom stereocenters. The first kappa shape index (κ1) is 17.0. The summed E-state index contributed by atoms with van der Waals surface area (Å²) in [7, 11) is 0. The number of aromatic nitrogens is 2. The second kappa shape index (κ2) is 6.77. The summed E-state index contributed by atoms with van der Waals surface area (Å²) in [6.45, 7) is 1.48. The third-order valence-electron chi connectivity index (χ3n) is 5.25. The average molecular weight is 373 g/mol. The maximum Gasteiger partial charge on any atom is 0.131 e. The summed E-state index contributed by atoms with van der Waals surface area (Å²) in [6, 6.07) is 14.3. The third-order valence-corrected chi connectivity index (χ3v) is 5.25. The zero-order valence-corrected chi connectivity index (χ0v) is 15.1. The van der Waals surface area contributed by atoms with Crippen molar-refractivity contribution in [3.63, 3.8) is 0 Å². The van der Waals surface area contributed by atoms with Gasteiger partial charge in [0, 0.05) is 49.2 Å². The van der Waals surface area contributed by atoms with Crippen LogP contribution < -0.4 is 0 Å². The van der Waals surface area contributed by atoms with Gasteiger partial charge in [-0.3, -0.25) is 14.9 Å². The minimum absolute atomic E-state index is 0.0987. The average Bonchev–Trinajstić information content (AvgIpc) is 3.13. The van der Waals surface area contributed by atoms with E-state index in [1.807, 2.05) is 41.3 Å². The minimum Gasteiger partial charge on any atom is -0.289 e. The van der Waals surface area contributed by atoms with Crippen molar-refractivity contribution in [2.75, 3.05) is 0 Å². The summed E-state index contributed by atoms with van der Waals surface area (Å²) >= 11 is 0. The Labute approximate surface area is 161 Å². The molecule has 28 heavy (non-hydrogen) atoms. The molecule has 1 aliphatic heterocycles. The predicted octanol–water partition coefficient (Wildman–Crippen LogP) is 5.09. The first-order chi connectivity index (χ1) is 13.7. The second-order valence-electron chi connectivity index (χ2n) is 7.11. The number of pyridine rings is 2. The van der Waals surface area contributed by atoms with Crippen LogP contribution in [0.15, 0.2) is 67.1 Å². The summed E-state index contributed by atoms with van der Waals surface area (Å²) in [5.74, 6) is -1.04. The molecule has 0 bridgehead atoms. The summed E-state index contributed by atoms with van der Waals surface area (Å²) < 4.78 is 29.6. The Morgan fingerprint density at radius 2 is 1.71 bits per heavy atom. The van der Waals surface area contributed by atoms with E-state index in [4.69, 9.17) is 0 Å². The molecule has 3 nitrogen and oxygen atoms in total. The van der Waals surface area contributed by atoms with Gasteiger partial charge in [-0.15, -0.1) is 0 Å². The Kier molecular flexibility index (Phi) is 4.10. The van der Waals surface area contributed by atoms with Crippen molar-refractivity contribution in [2.45, 2.75) is 19.6 Å². The molecule has 0 saturated heterocycles. The van der Waals surface area contributed by atoms with Gasteiger partial charge >= 0.3 is 0 Å². The number of halogens is 2. The molecular formula is C23H17F2N3. The second-order valence-corrected chi connectivity index (χ2v) is 7.11. The molecule has 4 aromatic rings. The van der Waals surface area contributed by atoms with Crippen molar-refractivity contribution in [1.29, 1.82) is 0 Å². The van der Waals surface area contributed by atoms with Crippen molar-refractivity contribution in [2.24, 2.45) is 0 Å². The third kappa shape index (κ3) is 3.04. The molecule has 5 rings (SSSR count). The fraction of sp³-hybridized carbons (Fsp3) is 0.130. The Bertz CT molecular complexity index is 1140. The lowest BCUT2D eigenvalue weighted by Crippen LogP contribution is -2.18. The molecule has 0 fully saturated rings. The maximum atomic E-state index is 14.8. The summed E-state index contributed by atoms with van der Waals surface area (Å²) in [6.07, 6.45) is 5.23. The Morgan fingerprint density at radius 3 is 2.54 bits per heavy atom. The highest BCUT2D eigenvalue weighted by atomic mass is 19.1. The fourth-order valence-electron chi connectivity index (χ4n) is 3.79. The number of hydrogen-bond acceptors (Lipinski definition) is 3. The lowest BCUT2D eigenvalue weighted by Gasteiger charge is -2.16. The van der Waals surface area contributed by atoms with Gasteiger partial charge in [-0.2, -0.15) is 0 Å². The molecule has 0 spiro atoms. The lowest BCUT2D eigenvalue weighted by molar-refractivity contribution is 0.265. The molecule has 5 heteroatoms. The standard InChI is InChI=1S/C23H17F2N3/c24-21-9-19(15-3-4-17-11-26-7-5-16(17)8-15)10-22(25)20(21)13-28-12-18-2-1-6-27-23(18)14-28/h1-11H,12-14H2. The van der Waals surface area contributed by atoms with E-state index < -0.39 is 11.6 Å². The van der Waals surface area contributed by atoms with Gasteiger partial charge in [0.1, 0.15) is 11.6 Å². The molecule has 0 amide bonds. The monoisotopic (exact) mass is 373 g/mol. The first-order valence-electron chi connectivity index (χ1n) is 9.14. The van der Waals surface area contributed by atoms with Gasteiger partial charge in [-0.1, -0.05) is 18.2 Å². The SMILES string of the molecule is Fc1cc(-c2ccc3cnccc3c2)cc(F)c1CN1Cc2cccnc2C1. The summed E-state index contributed by atoms with van der Waals surface area (Å²) in [5, 5.41) is 1.98. The highest BCUT2D eigenvalue weighted by Crippen LogP contribution is 2.29. The molecule has 2 aromatic carbocycles. The largest absolute Gasteiger partial charge is 0.289 e. The van der Waals surface area contributed by atoms with Gasteiger partial charge < -0.3 is 0 Å². The number of fused-ring (bicyclic) bond motifs is 2. The van der Waals surface area contributed by atoms with Gasteiger partial charge in [0.05, 0.1) is 5.69 Å². The van der Waals surface area contributed by atoms with Crippen molar-refractivity contribution in [3.05, 3.63) is 95.6 Å². The molecule has 0 saturated carbocycles. The maximum absolute atomic E-state index is 14.8. The van der Waals surface area contributed by atoms with E-state index in [0.717, 1.165) is 27.6 Å². The zero-order chi connectivity index (χ0) is 19.1. The van der Waals surface area contributed by atoms with E-state index >= 15 is 0 Å². The zero-order valence-electron chi connectivity index (χ0n) is 15.1. The van der Waals surface area contributed by atoms with Crippen LogP contribution in [0.1, 0.15) is 16.8 Å². The lowest BCUT2D eigenvalue weighted by atomic mass is 10.00. The van der Waals surface area contributed by atoms with E-state index in [1.165, 1.54) is 12.1 Å². The van der Waals surface area contributed by atoms with Gasteiger partial charge in [0.25, 0.3) is 0 Å². The van der Waals surface area contributed by atoms with Crippen molar-refractivity contribution < 1.29 is 8.78 Å². The van der Waals surface area contributed by atoms with Crippen LogP contribution in [0.2, 0.25) is 0 Å². The molecule has 0 aliphatic carbocycles. The molecule has 0 N–H and O–H groups in total. The van der Waals surface area contributed by atoms with Gasteiger partial charge in [0.15, 0.2) is 0 Å². The number of nitrogens with zero attached hydrogens (tertiary/aromatic N) is 3. The molecule has 2 aromatic heterocycles. The van der Waals surface area contributed by atoms with Crippen LogP contribution in [0, 0.1) is 11.6 Å². The fourth-order valence-corrected chi connectivity index (χ4v) is 3.79. The van der Waals surface area contributed by atoms with Crippen molar-refractivity contribution in [3.8, 4) is 11.1 Å². The summed E-state index contributed by atoms with van der Waals surface area (Å²) in [5.41, 5.74) is 3.50. The molecule has 138 valence electrons. The van der Waals surface area contributed by atoms with E-state index in [-0.39, 0.29) is 12.1 Å². The molecule has 1 aliphatic rings. The highest BCUT2D eigenvalue weighted by molar-refractivity contribution is 5.86. The van der Waals surface area contributed by atoms with E-state index in [0.29, 0.717) is 18.7 Å². The number of benzene rings is 2. The number of rotatable bonds is 3. The van der Waals surface area contributed by atoms with Crippen LogP contribution in [-0.2, 0) is 19.6 Å². The van der Waals surface area contributed by atoms with Crippen molar-refractivity contribution in [1.82, 2.24) is 14.9 Å². The summed E-state index contributed by atoms with van der Waals surface area (Å²) in [4.78, 5) is 10.4. The minimum atomic E-state index is -0.520.